The van der Waals surface area contributed by atoms with Crippen molar-refractivity contribution in [2.24, 2.45) is 0 Å². The number of benzene rings is 2. The van der Waals surface area contributed by atoms with Gasteiger partial charge in [0, 0.05) is 7.05 Å². The van der Waals surface area contributed by atoms with Gasteiger partial charge >= 0.3 is 0 Å². The molecule has 7 heteroatoms. The smallest absolute Gasteiger partial charge is 0.260 e. The Morgan fingerprint density at radius 3 is 2.70 bits per heavy atom. The summed E-state index contributed by atoms with van der Waals surface area (Å²) in [5, 5.41) is 0.832. The van der Waals surface area contributed by atoms with Crippen LogP contribution in [-0.2, 0) is 4.79 Å². The Labute approximate surface area is 160 Å². The second kappa shape index (κ2) is 7.84. The number of halogens is 1. The Hall–Kier alpha value is -2.80. The molecule has 3 aromatic rings. The van der Waals surface area contributed by atoms with Crippen LogP contribution in [0.1, 0.15) is 35.3 Å². The van der Waals surface area contributed by atoms with Crippen LogP contribution in [0.15, 0.2) is 42.5 Å². The van der Waals surface area contributed by atoms with Gasteiger partial charge < -0.3 is 9.64 Å². The number of nitrogens with zero attached hydrogens (tertiary/aromatic N) is 2. The molecule has 1 aromatic heterocycles. The number of carbonyl (C=O) groups excluding carboxylic acids is 2. The molecular formula is C20H19FN2O3S. The number of likely N-dealkylation sites (N-methyl/N-ethyl adjacent to an activating group) is 1. The quantitative estimate of drug-likeness (QED) is 0.595. The summed E-state index contributed by atoms with van der Waals surface area (Å²) in [6.45, 7) is 2.97. The molecule has 0 saturated carbocycles. The number of carbonyl (C=O) groups is 2. The molecule has 1 atom stereocenters. The van der Waals surface area contributed by atoms with Crippen molar-refractivity contribution in [1.82, 2.24) is 9.88 Å². The van der Waals surface area contributed by atoms with Gasteiger partial charge in [0.1, 0.15) is 16.6 Å². The summed E-state index contributed by atoms with van der Waals surface area (Å²) in [5.74, 6) is -0.924. The molecule has 2 aromatic carbocycles. The average Bonchev–Trinajstić information content (AvgIpc) is 3.09. The van der Waals surface area contributed by atoms with Crippen LogP contribution in [0.25, 0.3) is 10.2 Å². The molecule has 0 spiro atoms. The number of Topliss-reactive ketones (excluding diaryl/α,β-unsaturated/α-hetero) is 1. The topological polar surface area (TPSA) is 59.5 Å². The highest BCUT2D eigenvalue weighted by atomic mass is 32.1. The third-order valence-corrected chi connectivity index (χ3v) is 5.52. The molecule has 5 nitrogen and oxygen atoms in total. The molecule has 0 aliphatic carbocycles. The fourth-order valence-electron chi connectivity index (χ4n) is 2.59. The molecule has 140 valence electrons. The number of rotatable bonds is 6. The number of hydrogen-bond donors (Lipinski definition) is 0. The second-order valence-electron chi connectivity index (χ2n) is 6.19. The SMILES string of the molecule is CC(=O)c1cc(F)ccc1OCC(=O)N(C)[C@H](C)c1nc2ccccc2s1. The summed E-state index contributed by atoms with van der Waals surface area (Å²) in [5.41, 5.74) is 1.02. The predicted molar refractivity (Wildman–Crippen MR) is 103 cm³/mol. The van der Waals surface area contributed by atoms with Gasteiger partial charge in [0.05, 0.1) is 21.8 Å². The van der Waals surface area contributed by atoms with E-state index in [4.69, 9.17) is 4.74 Å². The van der Waals surface area contributed by atoms with Gasteiger partial charge in [-0.05, 0) is 44.2 Å². The summed E-state index contributed by atoms with van der Waals surface area (Å²) >= 11 is 1.54. The summed E-state index contributed by atoms with van der Waals surface area (Å²) < 4.78 is 19.9. The zero-order valence-corrected chi connectivity index (χ0v) is 16.0. The Morgan fingerprint density at radius 2 is 2.00 bits per heavy atom. The van der Waals surface area contributed by atoms with Gasteiger partial charge in [-0.2, -0.15) is 0 Å². The number of ether oxygens (including phenoxy) is 1. The zero-order chi connectivity index (χ0) is 19.6. The van der Waals surface area contributed by atoms with Gasteiger partial charge in [-0.15, -0.1) is 11.3 Å². The fourth-order valence-corrected chi connectivity index (χ4v) is 3.66. The number of ketones is 1. The minimum atomic E-state index is -0.527. The number of aromatic nitrogens is 1. The minimum Gasteiger partial charge on any atom is -0.483 e. The molecular weight excluding hydrogens is 367 g/mol. The van der Waals surface area contributed by atoms with E-state index in [1.807, 2.05) is 31.2 Å². The highest BCUT2D eigenvalue weighted by Crippen LogP contribution is 2.29. The molecule has 27 heavy (non-hydrogen) atoms. The maximum Gasteiger partial charge on any atom is 0.260 e. The number of thiazole rings is 1. The molecule has 1 heterocycles. The molecule has 0 N–H and O–H groups in total. The van der Waals surface area contributed by atoms with Crippen LogP contribution in [0.2, 0.25) is 0 Å². The van der Waals surface area contributed by atoms with Crippen LogP contribution in [-0.4, -0.2) is 35.2 Å². The lowest BCUT2D eigenvalue weighted by molar-refractivity contribution is -0.134. The zero-order valence-electron chi connectivity index (χ0n) is 15.2. The largest absolute Gasteiger partial charge is 0.483 e. The first kappa shape index (κ1) is 19.0. The van der Waals surface area contributed by atoms with E-state index in [9.17, 15) is 14.0 Å². The minimum absolute atomic E-state index is 0.115. The lowest BCUT2D eigenvalue weighted by Gasteiger charge is -2.23. The van der Waals surface area contributed by atoms with Crippen molar-refractivity contribution in [3.8, 4) is 5.75 Å². The van der Waals surface area contributed by atoms with Crippen LogP contribution in [0.5, 0.6) is 5.75 Å². The molecule has 0 saturated heterocycles. The van der Waals surface area contributed by atoms with Crippen molar-refractivity contribution in [2.45, 2.75) is 19.9 Å². The third-order valence-electron chi connectivity index (χ3n) is 4.31. The standard InChI is InChI=1S/C20H19FN2O3S/c1-12(20-22-16-6-4-5-7-18(16)27-20)23(3)19(25)11-26-17-9-8-14(21)10-15(17)13(2)24/h4-10,12H,11H2,1-3H3/t12-/m1/s1. The Kier molecular flexibility index (Phi) is 5.51. The summed E-state index contributed by atoms with van der Waals surface area (Å²) in [6.07, 6.45) is 0. The van der Waals surface area contributed by atoms with Crippen LogP contribution in [0.3, 0.4) is 0 Å². The van der Waals surface area contributed by atoms with Crippen molar-refractivity contribution < 1.29 is 18.7 Å². The Morgan fingerprint density at radius 1 is 1.26 bits per heavy atom. The maximum absolute atomic E-state index is 13.3. The van der Waals surface area contributed by atoms with Crippen LogP contribution < -0.4 is 4.74 Å². The monoisotopic (exact) mass is 386 g/mol. The summed E-state index contributed by atoms with van der Waals surface area (Å²) in [4.78, 5) is 30.3. The van der Waals surface area contributed by atoms with Gasteiger partial charge in [0.15, 0.2) is 12.4 Å². The van der Waals surface area contributed by atoms with Crippen molar-refractivity contribution in [3.05, 3.63) is 58.9 Å². The summed E-state index contributed by atoms with van der Waals surface area (Å²) in [6, 6.07) is 11.2. The molecule has 0 aliphatic rings. The van der Waals surface area contributed by atoms with Crippen LogP contribution >= 0.6 is 11.3 Å². The van der Waals surface area contributed by atoms with E-state index in [0.29, 0.717) is 0 Å². The Balaban J connectivity index is 1.69. The van der Waals surface area contributed by atoms with Crippen molar-refractivity contribution in [3.63, 3.8) is 0 Å². The molecule has 0 fully saturated rings. The lowest BCUT2D eigenvalue weighted by atomic mass is 10.1. The van der Waals surface area contributed by atoms with E-state index < -0.39 is 5.82 Å². The molecule has 0 bridgehead atoms. The number of hydrogen-bond acceptors (Lipinski definition) is 5. The highest BCUT2D eigenvalue weighted by molar-refractivity contribution is 7.18. The first-order valence-electron chi connectivity index (χ1n) is 8.41. The normalized spacial score (nSPS) is 12.0. The van der Waals surface area contributed by atoms with Crippen LogP contribution in [0, 0.1) is 5.82 Å². The number of amides is 1. The molecule has 3 rings (SSSR count). The third kappa shape index (κ3) is 4.14. The van der Waals surface area contributed by atoms with Gasteiger partial charge in [-0.25, -0.2) is 9.37 Å². The second-order valence-corrected chi connectivity index (χ2v) is 7.25. The van der Waals surface area contributed by atoms with Gasteiger partial charge in [0.25, 0.3) is 5.91 Å². The van der Waals surface area contributed by atoms with Gasteiger partial charge in [-0.1, -0.05) is 12.1 Å². The number of fused-ring (bicyclic) bond motifs is 1. The van der Waals surface area contributed by atoms with E-state index in [0.717, 1.165) is 21.3 Å². The summed E-state index contributed by atoms with van der Waals surface area (Å²) in [7, 11) is 1.68. The van der Waals surface area contributed by atoms with E-state index in [-0.39, 0.29) is 35.7 Å². The fraction of sp³-hybridized carbons (Fsp3) is 0.250. The van der Waals surface area contributed by atoms with Gasteiger partial charge in [-0.3, -0.25) is 9.59 Å². The Bertz CT molecular complexity index is 969. The van der Waals surface area contributed by atoms with E-state index in [1.54, 1.807) is 23.3 Å². The van der Waals surface area contributed by atoms with Gasteiger partial charge in [0.2, 0.25) is 0 Å². The van der Waals surface area contributed by atoms with Crippen molar-refractivity contribution >= 4 is 33.2 Å². The van der Waals surface area contributed by atoms with E-state index >= 15 is 0 Å². The molecule has 0 aliphatic heterocycles. The maximum atomic E-state index is 13.3. The van der Waals surface area contributed by atoms with E-state index in [2.05, 4.69) is 4.98 Å². The van der Waals surface area contributed by atoms with Crippen molar-refractivity contribution in [2.75, 3.05) is 13.7 Å². The van der Waals surface area contributed by atoms with Crippen LogP contribution in [0.4, 0.5) is 4.39 Å². The predicted octanol–water partition coefficient (Wildman–Crippen LogP) is 4.24. The number of para-hydroxylation sites is 1. The van der Waals surface area contributed by atoms with Crippen molar-refractivity contribution in [1.29, 1.82) is 0 Å². The lowest BCUT2D eigenvalue weighted by Crippen LogP contribution is -2.33. The highest BCUT2D eigenvalue weighted by Gasteiger charge is 2.21. The first-order valence-corrected chi connectivity index (χ1v) is 9.23. The molecule has 1 amide bonds. The average molecular weight is 386 g/mol. The molecule has 0 radical (unpaired) electrons. The van der Waals surface area contributed by atoms with E-state index in [1.165, 1.54) is 19.1 Å². The first-order chi connectivity index (χ1) is 12.9. The molecule has 0 unspecified atom stereocenters.